The molecular formula is C15H30N2O2. The second-order valence-corrected chi connectivity index (χ2v) is 6.27. The summed E-state index contributed by atoms with van der Waals surface area (Å²) in [6, 6.07) is 0.613. The minimum Gasteiger partial charge on any atom is -0.444 e. The molecule has 1 aliphatic rings. The Morgan fingerprint density at radius 3 is 2.37 bits per heavy atom. The fraction of sp³-hybridized carbons (Fsp3) is 0.933. The molecule has 1 unspecified atom stereocenters. The van der Waals surface area contributed by atoms with Crippen LogP contribution >= 0.6 is 0 Å². The quantitative estimate of drug-likeness (QED) is 0.790. The molecule has 112 valence electrons. The molecule has 19 heavy (non-hydrogen) atoms. The number of carbonyl (C=O) groups is 1. The molecule has 1 fully saturated rings. The van der Waals surface area contributed by atoms with Gasteiger partial charge in [-0.1, -0.05) is 13.8 Å². The summed E-state index contributed by atoms with van der Waals surface area (Å²) in [4.78, 5) is 16.4. The van der Waals surface area contributed by atoms with E-state index in [9.17, 15) is 4.79 Å². The van der Waals surface area contributed by atoms with Gasteiger partial charge in [0.25, 0.3) is 0 Å². The van der Waals surface area contributed by atoms with Crippen LogP contribution in [0.4, 0.5) is 4.79 Å². The summed E-state index contributed by atoms with van der Waals surface area (Å²) in [5.41, 5.74) is -0.401. The van der Waals surface area contributed by atoms with Gasteiger partial charge in [0.2, 0.25) is 0 Å². The third-order valence-corrected chi connectivity index (χ3v) is 3.68. The molecule has 1 aliphatic heterocycles. The highest BCUT2D eigenvalue weighted by Gasteiger charge is 2.26. The van der Waals surface area contributed by atoms with Crippen molar-refractivity contribution in [2.45, 2.75) is 65.5 Å². The SMILES string of the molecule is CCN(CC)C1CCCN(C(=O)OC(C)(C)C)CC1. The standard InChI is InChI=1S/C15H30N2O2/c1-6-16(7-2)13-9-8-11-17(12-10-13)14(18)19-15(3,4)5/h13H,6-12H2,1-5H3. The van der Waals surface area contributed by atoms with Gasteiger partial charge in [0, 0.05) is 19.1 Å². The van der Waals surface area contributed by atoms with Gasteiger partial charge in [-0.3, -0.25) is 0 Å². The Morgan fingerprint density at radius 2 is 1.84 bits per heavy atom. The van der Waals surface area contributed by atoms with E-state index in [1.165, 1.54) is 6.42 Å². The number of rotatable bonds is 3. The van der Waals surface area contributed by atoms with Gasteiger partial charge >= 0.3 is 6.09 Å². The highest BCUT2D eigenvalue weighted by atomic mass is 16.6. The first kappa shape index (κ1) is 16.3. The molecule has 0 radical (unpaired) electrons. The minimum absolute atomic E-state index is 0.160. The first-order chi connectivity index (χ1) is 8.87. The predicted octanol–water partition coefficient (Wildman–Crippen LogP) is 3.12. The maximum Gasteiger partial charge on any atom is 0.410 e. The number of likely N-dealkylation sites (tertiary alicyclic amines) is 1. The molecule has 0 spiro atoms. The van der Waals surface area contributed by atoms with Crippen molar-refractivity contribution in [3.63, 3.8) is 0 Å². The summed E-state index contributed by atoms with van der Waals surface area (Å²) in [6.07, 6.45) is 3.15. The van der Waals surface area contributed by atoms with Crippen LogP contribution in [0.15, 0.2) is 0 Å². The first-order valence-electron chi connectivity index (χ1n) is 7.59. The van der Waals surface area contributed by atoms with Gasteiger partial charge in [-0.2, -0.15) is 0 Å². The van der Waals surface area contributed by atoms with Gasteiger partial charge in [0.1, 0.15) is 5.60 Å². The van der Waals surface area contributed by atoms with E-state index in [2.05, 4.69) is 18.7 Å². The van der Waals surface area contributed by atoms with E-state index in [0.717, 1.165) is 39.0 Å². The van der Waals surface area contributed by atoms with Crippen LogP contribution in [0.3, 0.4) is 0 Å². The summed E-state index contributed by atoms with van der Waals surface area (Å²) in [6.45, 7) is 14.0. The van der Waals surface area contributed by atoms with Crippen molar-refractivity contribution in [2.75, 3.05) is 26.2 Å². The van der Waals surface area contributed by atoms with Crippen LogP contribution in [0, 0.1) is 0 Å². The molecule has 0 saturated carbocycles. The molecule has 1 amide bonds. The fourth-order valence-electron chi connectivity index (χ4n) is 2.69. The molecular weight excluding hydrogens is 240 g/mol. The molecule has 0 N–H and O–H groups in total. The van der Waals surface area contributed by atoms with Gasteiger partial charge < -0.3 is 14.5 Å². The Balaban J connectivity index is 2.52. The van der Waals surface area contributed by atoms with Crippen LogP contribution in [0.2, 0.25) is 0 Å². The van der Waals surface area contributed by atoms with Crippen LogP contribution in [0.25, 0.3) is 0 Å². The normalized spacial score (nSPS) is 21.4. The third kappa shape index (κ3) is 5.39. The van der Waals surface area contributed by atoms with Gasteiger partial charge in [-0.15, -0.1) is 0 Å². The second-order valence-electron chi connectivity index (χ2n) is 6.27. The Labute approximate surface area is 118 Å². The van der Waals surface area contributed by atoms with Gasteiger partial charge in [0.05, 0.1) is 0 Å². The molecule has 0 bridgehead atoms. The van der Waals surface area contributed by atoms with E-state index < -0.39 is 5.60 Å². The zero-order valence-electron chi connectivity index (χ0n) is 13.2. The van der Waals surface area contributed by atoms with Crippen LogP contribution in [0.5, 0.6) is 0 Å². The zero-order chi connectivity index (χ0) is 14.5. The molecule has 1 heterocycles. The number of hydrogen-bond donors (Lipinski definition) is 0. The average molecular weight is 270 g/mol. The zero-order valence-corrected chi connectivity index (χ0v) is 13.2. The van der Waals surface area contributed by atoms with E-state index in [4.69, 9.17) is 4.74 Å². The molecule has 0 aromatic carbocycles. The van der Waals surface area contributed by atoms with Gasteiger partial charge in [-0.05, 0) is 53.1 Å². The Kier molecular flexibility index (Phi) is 6.11. The summed E-state index contributed by atoms with van der Waals surface area (Å²) in [5.74, 6) is 0. The Bertz CT molecular complexity index is 282. The lowest BCUT2D eigenvalue weighted by Gasteiger charge is -2.29. The highest BCUT2D eigenvalue weighted by molar-refractivity contribution is 5.68. The summed E-state index contributed by atoms with van der Waals surface area (Å²) < 4.78 is 5.45. The lowest BCUT2D eigenvalue weighted by Crippen LogP contribution is -2.39. The van der Waals surface area contributed by atoms with Crippen LogP contribution in [-0.2, 0) is 4.74 Å². The largest absolute Gasteiger partial charge is 0.444 e. The van der Waals surface area contributed by atoms with Crippen molar-refractivity contribution in [3.8, 4) is 0 Å². The Hall–Kier alpha value is -0.770. The number of amides is 1. The molecule has 0 aromatic rings. The highest BCUT2D eigenvalue weighted by Crippen LogP contribution is 2.18. The van der Waals surface area contributed by atoms with Gasteiger partial charge in [0.15, 0.2) is 0 Å². The maximum atomic E-state index is 12.1. The van der Waals surface area contributed by atoms with Crippen molar-refractivity contribution < 1.29 is 9.53 Å². The van der Waals surface area contributed by atoms with Gasteiger partial charge in [-0.25, -0.2) is 4.79 Å². The molecule has 0 aromatic heterocycles. The second kappa shape index (κ2) is 7.13. The number of carbonyl (C=O) groups excluding carboxylic acids is 1. The summed E-state index contributed by atoms with van der Waals surface area (Å²) >= 11 is 0. The van der Waals surface area contributed by atoms with Crippen molar-refractivity contribution in [3.05, 3.63) is 0 Å². The maximum absolute atomic E-state index is 12.1. The first-order valence-corrected chi connectivity index (χ1v) is 7.59. The van der Waals surface area contributed by atoms with E-state index >= 15 is 0 Å². The smallest absolute Gasteiger partial charge is 0.410 e. The summed E-state index contributed by atoms with van der Waals surface area (Å²) in [5, 5.41) is 0. The minimum atomic E-state index is -0.401. The molecule has 1 atom stereocenters. The molecule has 4 nitrogen and oxygen atoms in total. The molecule has 1 rings (SSSR count). The Morgan fingerprint density at radius 1 is 1.21 bits per heavy atom. The van der Waals surface area contributed by atoms with Crippen molar-refractivity contribution >= 4 is 6.09 Å². The van der Waals surface area contributed by atoms with Crippen molar-refractivity contribution in [1.29, 1.82) is 0 Å². The van der Waals surface area contributed by atoms with Crippen molar-refractivity contribution in [1.82, 2.24) is 9.80 Å². The predicted molar refractivity (Wildman–Crippen MR) is 78.4 cm³/mol. The third-order valence-electron chi connectivity index (χ3n) is 3.68. The lowest BCUT2D eigenvalue weighted by molar-refractivity contribution is 0.0253. The van der Waals surface area contributed by atoms with Crippen LogP contribution < -0.4 is 0 Å². The van der Waals surface area contributed by atoms with Crippen LogP contribution in [-0.4, -0.2) is 53.7 Å². The van der Waals surface area contributed by atoms with E-state index in [1.807, 2.05) is 25.7 Å². The van der Waals surface area contributed by atoms with Crippen molar-refractivity contribution in [2.24, 2.45) is 0 Å². The number of ether oxygens (including phenoxy) is 1. The number of nitrogens with zero attached hydrogens (tertiary/aromatic N) is 2. The monoisotopic (exact) mass is 270 g/mol. The van der Waals surface area contributed by atoms with E-state index in [1.54, 1.807) is 0 Å². The molecule has 1 saturated heterocycles. The molecule has 4 heteroatoms. The topological polar surface area (TPSA) is 32.8 Å². The number of hydrogen-bond acceptors (Lipinski definition) is 3. The molecule has 0 aliphatic carbocycles. The van der Waals surface area contributed by atoms with E-state index in [0.29, 0.717) is 6.04 Å². The fourth-order valence-corrected chi connectivity index (χ4v) is 2.69. The average Bonchev–Trinajstić information content (AvgIpc) is 2.54. The van der Waals surface area contributed by atoms with Crippen LogP contribution in [0.1, 0.15) is 53.9 Å². The van der Waals surface area contributed by atoms with E-state index in [-0.39, 0.29) is 6.09 Å². The summed E-state index contributed by atoms with van der Waals surface area (Å²) in [7, 11) is 0. The lowest BCUT2D eigenvalue weighted by atomic mass is 10.1.